The zero-order chi connectivity index (χ0) is 19.5. The van der Waals surface area contributed by atoms with Gasteiger partial charge < -0.3 is 0 Å². The van der Waals surface area contributed by atoms with Crippen LogP contribution < -0.4 is 0 Å². The molecule has 2 unspecified atom stereocenters. The largest absolute Gasteiger partial charge is 0.299 e. The fourth-order valence-corrected chi connectivity index (χ4v) is 2.95. The van der Waals surface area contributed by atoms with Crippen LogP contribution in [0.4, 0.5) is 0 Å². The van der Waals surface area contributed by atoms with Gasteiger partial charge in [0.2, 0.25) is 0 Å². The van der Waals surface area contributed by atoms with Crippen molar-refractivity contribution in [2.45, 2.75) is 72.6 Å². The van der Waals surface area contributed by atoms with E-state index in [1.165, 1.54) is 5.57 Å². The molecule has 0 aromatic carbocycles. The zero-order valence-corrected chi connectivity index (χ0v) is 16.8. The van der Waals surface area contributed by atoms with Crippen LogP contribution in [0.2, 0.25) is 0 Å². The third kappa shape index (κ3) is 8.55. The monoisotopic (exact) mass is 358 g/mol. The van der Waals surface area contributed by atoms with Crippen LogP contribution in [0.3, 0.4) is 0 Å². The Balaban J connectivity index is 0.000000197. The highest BCUT2D eigenvalue weighted by Crippen LogP contribution is 2.21. The van der Waals surface area contributed by atoms with Gasteiger partial charge in [-0.15, -0.1) is 0 Å². The maximum atomic E-state index is 10.8. The number of allylic oxidation sites excluding steroid dienone is 6. The molecular formula is C23H34O3. The molecule has 3 heteroatoms. The Kier molecular flexibility index (Phi) is 10.1. The highest BCUT2D eigenvalue weighted by Gasteiger charge is 2.13. The lowest BCUT2D eigenvalue weighted by Gasteiger charge is -2.14. The van der Waals surface area contributed by atoms with Gasteiger partial charge in [-0.3, -0.25) is 14.4 Å². The highest BCUT2D eigenvalue weighted by molar-refractivity contribution is 5.83. The van der Waals surface area contributed by atoms with Crippen molar-refractivity contribution in [3.8, 4) is 0 Å². The van der Waals surface area contributed by atoms with E-state index in [9.17, 15) is 14.4 Å². The van der Waals surface area contributed by atoms with E-state index in [4.69, 9.17) is 0 Å². The SMILES string of the molecule is CC(C)C1=CCC(=O)CC1.CC1C=CCCC1=O.CC1CC=CCC1=O. The van der Waals surface area contributed by atoms with Crippen molar-refractivity contribution in [2.75, 3.05) is 0 Å². The molecule has 26 heavy (non-hydrogen) atoms. The summed E-state index contributed by atoms with van der Waals surface area (Å²) in [5.74, 6) is 2.25. The number of hydrogen-bond donors (Lipinski definition) is 0. The van der Waals surface area contributed by atoms with Crippen molar-refractivity contribution in [2.24, 2.45) is 17.8 Å². The minimum absolute atomic E-state index is 0.184. The molecule has 0 aromatic rings. The topological polar surface area (TPSA) is 51.2 Å². The van der Waals surface area contributed by atoms with Crippen molar-refractivity contribution in [3.05, 3.63) is 36.0 Å². The van der Waals surface area contributed by atoms with E-state index in [2.05, 4.69) is 32.1 Å². The van der Waals surface area contributed by atoms with Gasteiger partial charge in [-0.2, -0.15) is 0 Å². The quantitative estimate of drug-likeness (QED) is 0.589. The normalized spacial score (nSPS) is 25.1. The van der Waals surface area contributed by atoms with E-state index >= 15 is 0 Å². The Morgan fingerprint density at radius 2 is 1.62 bits per heavy atom. The molecule has 3 nitrogen and oxygen atoms in total. The van der Waals surface area contributed by atoms with Crippen LogP contribution in [0, 0.1) is 17.8 Å². The van der Waals surface area contributed by atoms with Crippen molar-refractivity contribution in [3.63, 3.8) is 0 Å². The van der Waals surface area contributed by atoms with Crippen molar-refractivity contribution < 1.29 is 14.4 Å². The molecule has 0 fully saturated rings. The summed E-state index contributed by atoms with van der Waals surface area (Å²) in [7, 11) is 0. The Morgan fingerprint density at radius 1 is 0.885 bits per heavy atom. The zero-order valence-electron chi connectivity index (χ0n) is 16.8. The van der Waals surface area contributed by atoms with E-state index in [1.54, 1.807) is 0 Å². The standard InChI is InChI=1S/C9H14O.2C7H10O/c1-7(2)8-3-5-9(10)6-4-8;2*1-6-4-2-3-5-7(6)8/h3,7H,4-6H2,1-2H3;2,4,6H,3,5H2,1H3;2-3,6H,4-5H2,1H3. The summed E-state index contributed by atoms with van der Waals surface area (Å²) in [6, 6.07) is 0. The van der Waals surface area contributed by atoms with E-state index in [1.807, 2.05) is 26.0 Å². The number of hydrogen-bond acceptors (Lipinski definition) is 3. The predicted octanol–water partition coefficient (Wildman–Crippen LogP) is 5.41. The van der Waals surface area contributed by atoms with Crippen molar-refractivity contribution in [1.82, 2.24) is 0 Å². The summed E-state index contributed by atoms with van der Waals surface area (Å²) in [5, 5.41) is 0. The molecule has 0 saturated carbocycles. The van der Waals surface area contributed by atoms with Gasteiger partial charge in [0.25, 0.3) is 0 Å². The highest BCUT2D eigenvalue weighted by atomic mass is 16.1. The minimum atomic E-state index is 0.184. The van der Waals surface area contributed by atoms with Gasteiger partial charge in [-0.05, 0) is 25.2 Å². The number of rotatable bonds is 1. The third-order valence-corrected chi connectivity index (χ3v) is 5.04. The van der Waals surface area contributed by atoms with Crippen LogP contribution in [0.25, 0.3) is 0 Å². The third-order valence-electron chi connectivity index (χ3n) is 5.04. The van der Waals surface area contributed by atoms with Crippen molar-refractivity contribution >= 4 is 17.3 Å². The molecule has 3 rings (SSSR count). The van der Waals surface area contributed by atoms with Crippen LogP contribution in [0.1, 0.15) is 72.6 Å². The summed E-state index contributed by atoms with van der Waals surface area (Å²) in [5.41, 5.74) is 1.46. The van der Waals surface area contributed by atoms with Gasteiger partial charge in [0, 0.05) is 37.5 Å². The summed E-state index contributed by atoms with van der Waals surface area (Å²) < 4.78 is 0. The molecule has 2 atom stereocenters. The van der Waals surface area contributed by atoms with Gasteiger partial charge >= 0.3 is 0 Å². The summed E-state index contributed by atoms with van der Waals surface area (Å²) >= 11 is 0. The predicted molar refractivity (Wildman–Crippen MR) is 107 cm³/mol. The fraction of sp³-hybridized carbons (Fsp3) is 0.609. The van der Waals surface area contributed by atoms with Gasteiger partial charge in [0.05, 0.1) is 0 Å². The van der Waals surface area contributed by atoms with Gasteiger partial charge in [-0.1, -0.05) is 63.6 Å². The average Bonchev–Trinajstić information content (AvgIpc) is 2.62. The first kappa shape index (κ1) is 22.3. The second-order valence-corrected chi connectivity index (χ2v) is 7.68. The van der Waals surface area contributed by atoms with Crippen LogP contribution in [0.5, 0.6) is 0 Å². The van der Waals surface area contributed by atoms with E-state index in [0.717, 1.165) is 32.1 Å². The number of ketones is 3. The first-order chi connectivity index (χ1) is 12.3. The lowest BCUT2D eigenvalue weighted by Crippen LogP contribution is -2.11. The molecule has 0 amide bonds. The fourth-order valence-electron chi connectivity index (χ4n) is 2.95. The first-order valence-electron chi connectivity index (χ1n) is 9.89. The Hall–Kier alpha value is -1.77. The molecule has 0 aromatic heterocycles. The Morgan fingerprint density at radius 3 is 2.00 bits per heavy atom. The molecule has 0 N–H and O–H groups in total. The number of carbonyl (C=O) groups excluding carboxylic acids is 3. The average molecular weight is 359 g/mol. The summed E-state index contributed by atoms with van der Waals surface area (Å²) in [6.07, 6.45) is 15.9. The van der Waals surface area contributed by atoms with Crippen LogP contribution >= 0.6 is 0 Å². The van der Waals surface area contributed by atoms with Crippen LogP contribution in [-0.4, -0.2) is 17.3 Å². The van der Waals surface area contributed by atoms with Crippen LogP contribution in [0.15, 0.2) is 36.0 Å². The van der Waals surface area contributed by atoms with Gasteiger partial charge in [-0.25, -0.2) is 0 Å². The van der Waals surface area contributed by atoms with E-state index < -0.39 is 0 Å². The molecule has 144 valence electrons. The first-order valence-corrected chi connectivity index (χ1v) is 9.89. The number of carbonyl (C=O) groups is 3. The molecule has 3 aliphatic rings. The summed E-state index contributed by atoms with van der Waals surface area (Å²) in [6.45, 7) is 8.28. The van der Waals surface area contributed by atoms with Gasteiger partial charge in [0.15, 0.2) is 0 Å². The maximum Gasteiger partial charge on any atom is 0.139 e. The lowest BCUT2D eigenvalue weighted by atomic mass is 9.91. The van der Waals surface area contributed by atoms with Gasteiger partial charge in [0.1, 0.15) is 17.3 Å². The molecule has 0 saturated heterocycles. The van der Waals surface area contributed by atoms with E-state index in [0.29, 0.717) is 36.1 Å². The molecule has 0 aliphatic heterocycles. The Labute approximate surface area is 158 Å². The van der Waals surface area contributed by atoms with E-state index in [-0.39, 0.29) is 11.8 Å². The smallest absolute Gasteiger partial charge is 0.139 e. The lowest BCUT2D eigenvalue weighted by molar-refractivity contribution is -0.122. The van der Waals surface area contributed by atoms with Crippen molar-refractivity contribution in [1.29, 1.82) is 0 Å². The second kappa shape index (κ2) is 11.8. The molecule has 0 radical (unpaired) electrons. The minimum Gasteiger partial charge on any atom is -0.299 e. The molecule has 0 bridgehead atoms. The molecule has 3 aliphatic carbocycles. The summed E-state index contributed by atoms with van der Waals surface area (Å²) in [4.78, 5) is 32.3. The molecular weight excluding hydrogens is 324 g/mol. The number of Topliss-reactive ketones (excluding diaryl/α,β-unsaturated/α-hetero) is 3. The Bertz CT molecular complexity index is 576. The van der Waals surface area contributed by atoms with Crippen LogP contribution in [-0.2, 0) is 14.4 Å². The molecule has 0 spiro atoms. The maximum absolute atomic E-state index is 10.8. The second-order valence-electron chi connectivity index (χ2n) is 7.68. The molecule has 0 heterocycles.